The third-order valence-corrected chi connectivity index (χ3v) is 1.47. The van der Waals surface area contributed by atoms with Crippen LogP contribution in [0.5, 0.6) is 5.75 Å². The van der Waals surface area contributed by atoms with E-state index in [0.717, 1.165) is 0 Å². The Morgan fingerprint density at radius 2 is 1.79 bits per heavy atom. The predicted molar refractivity (Wildman–Crippen MR) is 57.5 cm³/mol. The minimum Gasteiger partial charge on any atom is -0.508 e. The summed E-state index contributed by atoms with van der Waals surface area (Å²) >= 11 is 0. The highest BCUT2D eigenvalue weighted by molar-refractivity contribution is 5.94. The van der Waals surface area contributed by atoms with Gasteiger partial charge in [0.2, 0.25) is 0 Å². The quantitative estimate of drug-likeness (QED) is 0.759. The van der Waals surface area contributed by atoms with Gasteiger partial charge in [-0.15, -0.1) is 0 Å². The Kier molecular flexibility index (Phi) is 6.20. The summed E-state index contributed by atoms with van der Waals surface area (Å²) in [4.78, 5) is 11.2. The Morgan fingerprint density at radius 1 is 1.29 bits per heavy atom. The summed E-state index contributed by atoms with van der Waals surface area (Å²) in [5.41, 5.74) is 0.564. The molecule has 3 nitrogen and oxygen atoms in total. The summed E-state index contributed by atoms with van der Waals surface area (Å²) < 4.78 is 0. The first kappa shape index (κ1) is 12.5. The minimum absolute atomic E-state index is 0.113. The number of nitrogens with one attached hydrogen (secondary N) is 1. The molecule has 3 heteroatoms. The summed E-state index contributed by atoms with van der Waals surface area (Å²) in [5, 5.41) is 11.6. The van der Waals surface area contributed by atoms with Crippen LogP contribution in [0, 0.1) is 0 Å². The third kappa shape index (κ3) is 3.94. The van der Waals surface area contributed by atoms with Crippen LogP contribution < -0.4 is 5.32 Å². The number of rotatable bonds is 2. The normalized spacial score (nSPS) is 8.50. The summed E-state index contributed by atoms with van der Waals surface area (Å²) in [6.45, 7) is 6.47. The number of phenolic OH excluding ortho intramolecular Hbond substituents is 1. The second-order valence-corrected chi connectivity index (χ2v) is 2.41. The molecule has 1 aromatic carbocycles. The van der Waals surface area contributed by atoms with E-state index in [4.69, 9.17) is 5.11 Å². The molecule has 0 saturated carbocycles. The fourth-order valence-corrected chi connectivity index (χ4v) is 0.875. The van der Waals surface area contributed by atoms with E-state index < -0.39 is 0 Å². The van der Waals surface area contributed by atoms with Gasteiger partial charge >= 0.3 is 0 Å². The topological polar surface area (TPSA) is 49.3 Å². The minimum atomic E-state index is -0.113. The third-order valence-electron chi connectivity index (χ3n) is 1.47. The molecule has 0 saturated heterocycles. The molecule has 0 atom stereocenters. The van der Waals surface area contributed by atoms with Gasteiger partial charge in [-0.2, -0.15) is 0 Å². The molecule has 1 rings (SSSR count). The first-order valence-electron chi connectivity index (χ1n) is 4.81. The Labute approximate surface area is 84.8 Å². The molecular formula is C11H17NO2. The first-order valence-corrected chi connectivity index (χ1v) is 4.81. The van der Waals surface area contributed by atoms with E-state index in [1.165, 1.54) is 12.1 Å². The fourth-order valence-electron chi connectivity index (χ4n) is 0.875. The van der Waals surface area contributed by atoms with Crippen LogP contribution in [0.2, 0.25) is 0 Å². The van der Waals surface area contributed by atoms with Crippen molar-refractivity contribution < 1.29 is 9.90 Å². The maximum atomic E-state index is 11.2. The van der Waals surface area contributed by atoms with Crippen molar-refractivity contribution in [3.63, 3.8) is 0 Å². The van der Waals surface area contributed by atoms with Gasteiger partial charge in [0.05, 0.1) is 0 Å². The van der Waals surface area contributed by atoms with Crippen LogP contribution in [0.3, 0.4) is 0 Å². The van der Waals surface area contributed by atoms with Gasteiger partial charge in [-0.05, 0) is 31.2 Å². The van der Waals surface area contributed by atoms with Crippen molar-refractivity contribution in [2.24, 2.45) is 0 Å². The molecule has 0 bridgehead atoms. The zero-order valence-electron chi connectivity index (χ0n) is 8.87. The van der Waals surface area contributed by atoms with Crippen LogP contribution in [0.25, 0.3) is 0 Å². The lowest BCUT2D eigenvalue weighted by molar-refractivity contribution is 0.0956. The Bertz CT molecular complexity index is 267. The fraction of sp³-hybridized carbons (Fsp3) is 0.364. The van der Waals surface area contributed by atoms with Crippen molar-refractivity contribution >= 4 is 5.91 Å². The van der Waals surface area contributed by atoms with Gasteiger partial charge in [0.15, 0.2) is 0 Å². The molecule has 0 aliphatic carbocycles. The number of hydrogen-bond acceptors (Lipinski definition) is 2. The smallest absolute Gasteiger partial charge is 0.251 e. The molecule has 0 aromatic heterocycles. The van der Waals surface area contributed by atoms with E-state index in [1.54, 1.807) is 12.1 Å². The maximum Gasteiger partial charge on any atom is 0.251 e. The molecule has 0 heterocycles. The van der Waals surface area contributed by atoms with Gasteiger partial charge in [0.25, 0.3) is 5.91 Å². The van der Waals surface area contributed by atoms with Crippen molar-refractivity contribution in [1.29, 1.82) is 0 Å². The molecular weight excluding hydrogens is 178 g/mol. The molecule has 78 valence electrons. The number of benzene rings is 1. The summed E-state index contributed by atoms with van der Waals surface area (Å²) in [5.74, 6) is 0.0561. The molecule has 1 amide bonds. The molecule has 14 heavy (non-hydrogen) atoms. The van der Waals surface area contributed by atoms with Crippen LogP contribution >= 0.6 is 0 Å². The highest BCUT2D eigenvalue weighted by Gasteiger charge is 2.01. The zero-order chi connectivity index (χ0) is 11.0. The van der Waals surface area contributed by atoms with Crippen molar-refractivity contribution in [2.75, 3.05) is 6.54 Å². The van der Waals surface area contributed by atoms with E-state index in [-0.39, 0.29) is 11.7 Å². The Hall–Kier alpha value is -1.51. The van der Waals surface area contributed by atoms with Crippen LogP contribution in [0.15, 0.2) is 24.3 Å². The molecule has 0 radical (unpaired) electrons. The van der Waals surface area contributed by atoms with Crippen molar-refractivity contribution in [3.05, 3.63) is 29.8 Å². The molecule has 0 unspecified atom stereocenters. The van der Waals surface area contributed by atoms with E-state index in [9.17, 15) is 4.79 Å². The number of amides is 1. The summed E-state index contributed by atoms with van der Waals surface area (Å²) in [7, 11) is 0. The van der Waals surface area contributed by atoms with Gasteiger partial charge in [-0.25, -0.2) is 0 Å². The van der Waals surface area contributed by atoms with E-state index >= 15 is 0 Å². The standard InChI is InChI=1S/C9H11NO2.C2H6/c1-2-10-9(12)7-3-5-8(11)6-4-7;1-2/h3-6,11H,2H2,1H3,(H,10,12);1-2H3. The first-order chi connectivity index (χ1) is 6.74. The predicted octanol–water partition coefficient (Wildman–Crippen LogP) is 2.17. The average Bonchev–Trinajstić information content (AvgIpc) is 2.22. The van der Waals surface area contributed by atoms with Crippen LogP contribution in [0.4, 0.5) is 0 Å². The molecule has 0 fully saturated rings. The van der Waals surface area contributed by atoms with Gasteiger partial charge in [-0.1, -0.05) is 13.8 Å². The lowest BCUT2D eigenvalue weighted by Gasteiger charge is -2.00. The number of hydrogen-bond donors (Lipinski definition) is 2. The van der Waals surface area contributed by atoms with Crippen molar-refractivity contribution in [1.82, 2.24) is 5.32 Å². The largest absolute Gasteiger partial charge is 0.508 e. The maximum absolute atomic E-state index is 11.2. The van der Waals surface area contributed by atoms with Crippen molar-refractivity contribution in [2.45, 2.75) is 20.8 Å². The molecule has 0 aliphatic heterocycles. The van der Waals surface area contributed by atoms with Crippen LogP contribution in [-0.4, -0.2) is 17.6 Å². The van der Waals surface area contributed by atoms with Gasteiger partial charge < -0.3 is 10.4 Å². The SMILES string of the molecule is CC.CCNC(=O)c1ccc(O)cc1. The zero-order valence-corrected chi connectivity index (χ0v) is 8.87. The summed E-state index contributed by atoms with van der Waals surface area (Å²) in [6, 6.07) is 6.15. The highest BCUT2D eigenvalue weighted by Crippen LogP contribution is 2.08. The van der Waals surface area contributed by atoms with Crippen LogP contribution in [0.1, 0.15) is 31.1 Å². The van der Waals surface area contributed by atoms with E-state index in [1.807, 2.05) is 20.8 Å². The monoisotopic (exact) mass is 195 g/mol. The highest BCUT2D eigenvalue weighted by atomic mass is 16.3. The van der Waals surface area contributed by atoms with E-state index in [0.29, 0.717) is 12.1 Å². The second kappa shape index (κ2) is 6.95. The molecule has 0 spiro atoms. The molecule has 2 N–H and O–H groups in total. The molecule has 1 aromatic rings. The molecule has 0 aliphatic rings. The Morgan fingerprint density at radius 3 is 2.21 bits per heavy atom. The second-order valence-electron chi connectivity index (χ2n) is 2.41. The number of aromatic hydroxyl groups is 1. The summed E-state index contributed by atoms with van der Waals surface area (Å²) in [6.07, 6.45) is 0. The average molecular weight is 195 g/mol. The van der Waals surface area contributed by atoms with Gasteiger partial charge in [-0.3, -0.25) is 4.79 Å². The van der Waals surface area contributed by atoms with Gasteiger partial charge in [0.1, 0.15) is 5.75 Å². The van der Waals surface area contributed by atoms with E-state index in [2.05, 4.69) is 5.32 Å². The number of carbonyl (C=O) groups is 1. The van der Waals surface area contributed by atoms with Gasteiger partial charge in [0, 0.05) is 12.1 Å². The number of phenols is 1. The lowest BCUT2D eigenvalue weighted by atomic mass is 10.2. The number of carbonyl (C=O) groups excluding carboxylic acids is 1. The van der Waals surface area contributed by atoms with Crippen LogP contribution in [-0.2, 0) is 0 Å². The lowest BCUT2D eigenvalue weighted by Crippen LogP contribution is -2.22. The Balaban J connectivity index is 0.000000791. The van der Waals surface area contributed by atoms with Crippen molar-refractivity contribution in [3.8, 4) is 5.75 Å².